The number of ether oxygens (including phenoxy) is 1. The highest BCUT2D eigenvalue weighted by molar-refractivity contribution is 5.79. The van der Waals surface area contributed by atoms with Gasteiger partial charge in [-0.3, -0.25) is 19.7 Å². The average molecular weight is 429 g/mol. The molecule has 7 heteroatoms. The van der Waals surface area contributed by atoms with E-state index in [1.165, 1.54) is 57.5 Å². The van der Waals surface area contributed by atoms with Crippen molar-refractivity contribution in [3.05, 3.63) is 29.8 Å². The number of hydrogen-bond acceptors (Lipinski definition) is 5. The Kier molecular flexibility index (Phi) is 8.05. The second-order valence-electron chi connectivity index (χ2n) is 8.98. The van der Waals surface area contributed by atoms with E-state index in [0.29, 0.717) is 12.1 Å². The molecule has 2 bridgehead atoms. The normalized spacial score (nSPS) is 27.7. The van der Waals surface area contributed by atoms with Gasteiger partial charge in [-0.25, -0.2) is 0 Å². The van der Waals surface area contributed by atoms with Gasteiger partial charge in [-0.2, -0.15) is 0 Å². The molecule has 172 valence electrons. The van der Waals surface area contributed by atoms with Gasteiger partial charge < -0.3 is 15.4 Å². The van der Waals surface area contributed by atoms with Gasteiger partial charge in [-0.05, 0) is 50.6 Å². The molecule has 4 aliphatic rings. The number of guanidine groups is 1. The van der Waals surface area contributed by atoms with E-state index in [2.05, 4.69) is 56.5 Å². The Morgan fingerprint density at radius 2 is 1.77 bits per heavy atom. The molecule has 0 saturated carbocycles. The average Bonchev–Trinajstić information content (AvgIpc) is 2.84. The van der Waals surface area contributed by atoms with Crippen molar-refractivity contribution < 1.29 is 4.74 Å². The molecule has 0 amide bonds. The maximum atomic E-state index is 5.37. The van der Waals surface area contributed by atoms with E-state index >= 15 is 0 Å². The smallest absolute Gasteiger partial charge is 0.191 e. The molecule has 7 nitrogen and oxygen atoms in total. The highest BCUT2D eigenvalue weighted by atomic mass is 16.5. The summed E-state index contributed by atoms with van der Waals surface area (Å²) < 4.78 is 5.37. The highest BCUT2D eigenvalue weighted by Gasteiger charge is 2.31. The molecule has 4 saturated heterocycles. The largest absolute Gasteiger partial charge is 0.497 e. The topological polar surface area (TPSA) is 55.4 Å². The fraction of sp³-hybridized carbons (Fsp3) is 0.708. The standard InChI is InChI=1S/C24H40N6O/c1-3-25-24(26-17-21-19-28-13-15-29(21)16-14-28)27-18-23(30-11-5-4-6-12-30)20-7-9-22(31-2)10-8-20/h7-10,21,23H,3-6,11-19H2,1-2H3,(H2,25,26,27). The first-order valence-corrected chi connectivity index (χ1v) is 12.1. The SMILES string of the molecule is CCNC(=NCC(c1ccc(OC)cc1)N1CCCCC1)NCC1CN2CCN1CC2. The van der Waals surface area contributed by atoms with Crippen LogP contribution >= 0.6 is 0 Å². The summed E-state index contributed by atoms with van der Waals surface area (Å²) in [6.07, 6.45) is 3.90. The maximum absolute atomic E-state index is 5.37. The fourth-order valence-corrected chi connectivity index (χ4v) is 5.14. The number of methoxy groups -OCH3 is 1. The van der Waals surface area contributed by atoms with E-state index < -0.39 is 0 Å². The van der Waals surface area contributed by atoms with Crippen LogP contribution in [0.4, 0.5) is 0 Å². The number of fused-ring (bicyclic) bond motifs is 3. The lowest BCUT2D eigenvalue weighted by Crippen LogP contribution is -2.63. The lowest BCUT2D eigenvalue weighted by molar-refractivity contribution is 0.0154. The van der Waals surface area contributed by atoms with Crippen LogP contribution in [0.3, 0.4) is 0 Å². The maximum Gasteiger partial charge on any atom is 0.191 e. The molecule has 1 aromatic rings. The van der Waals surface area contributed by atoms with Crippen LogP contribution < -0.4 is 15.4 Å². The molecular formula is C24H40N6O. The summed E-state index contributed by atoms with van der Waals surface area (Å²) in [5.41, 5.74) is 1.32. The van der Waals surface area contributed by atoms with Gasteiger partial charge in [0.25, 0.3) is 0 Å². The van der Waals surface area contributed by atoms with Crippen molar-refractivity contribution in [2.75, 3.05) is 72.6 Å². The van der Waals surface area contributed by atoms with Crippen LogP contribution in [-0.2, 0) is 0 Å². The van der Waals surface area contributed by atoms with Gasteiger partial charge in [-0.15, -0.1) is 0 Å². The van der Waals surface area contributed by atoms with Gasteiger partial charge in [0.05, 0.1) is 19.7 Å². The molecule has 4 heterocycles. The Hall–Kier alpha value is -1.83. The third kappa shape index (κ3) is 5.90. The number of likely N-dealkylation sites (tertiary alicyclic amines) is 1. The Bertz CT molecular complexity index is 695. The van der Waals surface area contributed by atoms with Gasteiger partial charge in [-0.1, -0.05) is 18.6 Å². The first-order valence-electron chi connectivity index (χ1n) is 12.1. The van der Waals surface area contributed by atoms with E-state index in [1.54, 1.807) is 7.11 Å². The monoisotopic (exact) mass is 428 g/mol. The van der Waals surface area contributed by atoms with Gasteiger partial charge in [0.2, 0.25) is 0 Å². The number of piperazine rings is 3. The Labute approximate surface area is 187 Å². The molecule has 2 N–H and O–H groups in total. The molecule has 31 heavy (non-hydrogen) atoms. The first-order chi connectivity index (χ1) is 15.3. The van der Waals surface area contributed by atoms with Crippen molar-refractivity contribution >= 4 is 5.96 Å². The van der Waals surface area contributed by atoms with Crippen LogP contribution in [0.1, 0.15) is 37.8 Å². The van der Waals surface area contributed by atoms with Crippen LogP contribution in [0.2, 0.25) is 0 Å². The van der Waals surface area contributed by atoms with Crippen LogP contribution in [0.15, 0.2) is 29.3 Å². The Morgan fingerprint density at radius 3 is 2.39 bits per heavy atom. The predicted octanol–water partition coefficient (Wildman–Crippen LogP) is 1.78. The molecule has 0 radical (unpaired) electrons. The van der Waals surface area contributed by atoms with Gasteiger partial charge >= 0.3 is 0 Å². The van der Waals surface area contributed by atoms with Crippen molar-refractivity contribution in [2.24, 2.45) is 4.99 Å². The van der Waals surface area contributed by atoms with Crippen molar-refractivity contribution in [1.29, 1.82) is 0 Å². The van der Waals surface area contributed by atoms with E-state index in [9.17, 15) is 0 Å². The summed E-state index contributed by atoms with van der Waals surface area (Å²) in [7, 11) is 1.72. The van der Waals surface area contributed by atoms with E-state index in [0.717, 1.165) is 44.4 Å². The third-order valence-corrected chi connectivity index (χ3v) is 7.00. The summed E-state index contributed by atoms with van der Waals surface area (Å²) >= 11 is 0. The fourth-order valence-electron chi connectivity index (χ4n) is 5.14. The summed E-state index contributed by atoms with van der Waals surface area (Å²) in [4.78, 5) is 12.9. The molecular weight excluding hydrogens is 388 g/mol. The molecule has 1 aromatic carbocycles. The molecule has 2 atom stereocenters. The zero-order valence-corrected chi connectivity index (χ0v) is 19.4. The summed E-state index contributed by atoms with van der Waals surface area (Å²) in [5.74, 6) is 1.85. The highest BCUT2D eigenvalue weighted by Crippen LogP contribution is 2.26. The lowest BCUT2D eigenvalue weighted by Gasteiger charge is -2.47. The molecule has 5 rings (SSSR count). The van der Waals surface area contributed by atoms with Crippen LogP contribution in [0, 0.1) is 0 Å². The molecule has 0 aromatic heterocycles. The minimum absolute atomic E-state index is 0.308. The number of hydrogen-bond donors (Lipinski definition) is 2. The molecule has 2 unspecified atom stereocenters. The Balaban J connectivity index is 1.42. The second-order valence-corrected chi connectivity index (χ2v) is 8.98. The van der Waals surface area contributed by atoms with Crippen molar-refractivity contribution in [2.45, 2.75) is 38.3 Å². The van der Waals surface area contributed by atoms with Gasteiger partial charge in [0, 0.05) is 51.9 Å². The molecule has 4 fully saturated rings. The number of rotatable bonds is 8. The first kappa shape index (κ1) is 22.4. The predicted molar refractivity (Wildman–Crippen MR) is 127 cm³/mol. The summed E-state index contributed by atoms with van der Waals surface area (Å²) in [5, 5.41) is 7.10. The quantitative estimate of drug-likeness (QED) is 0.486. The number of aliphatic imine (C=N–C) groups is 1. The third-order valence-electron chi connectivity index (χ3n) is 7.00. The van der Waals surface area contributed by atoms with Crippen LogP contribution in [0.5, 0.6) is 5.75 Å². The van der Waals surface area contributed by atoms with Gasteiger partial charge in [0.15, 0.2) is 5.96 Å². The summed E-state index contributed by atoms with van der Waals surface area (Å²) in [6, 6.07) is 9.44. The Morgan fingerprint density at radius 1 is 1.03 bits per heavy atom. The molecule has 4 aliphatic heterocycles. The number of benzene rings is 1. The van der Waals surface area contributed by atoms with Crippen molar-refractivity contribution in [3.8, 4) is 5.75 Å². The minimum Gasteiger partial charge on any atom is -0.497 e. The zero-order chi connectivity index (χ0) is 21.5. The number of nitrogens with zero attached hydrogens (tertiary/aromatic N) is 4. The van der Waals surface area contributed by atoms with Crippen LogP contribution in [-0.4, -0.2) is 99.3 Å². The minimum atomic E-state index is 0.308. The second kappa shape index (κ2) is 11.2. The summed E-state index contributed by atoms with van der Waals surface area (Å²) in [6.45, 7) is 13.1. The number of piperidine rings is 1. The van der Waals surface area contributed by atoms with Crippen molar-refractivity contribution in [3.63, 3.8) is 0 Å². The molecule has 0 aliphatic carbocycles. The van der Waals surface area contributed by atoms with Gasteiger partial charge in [0.1, 0.15) is 5.75 Å². The van der Waals surface area contributed by atoms with E-state index in [1.807, 2.05) is 0 Å². The van der Waals surface area contributed by atoms with E-state index in [-0.39, 0.29) is 0 Å². The lowest BCUT2D eigenvalue weighted by atomic mass is 10.0. The van der Waals surface area contributed by atoms with Crippen molar-refractivity contribution in [1.82, 2.24) is 25.3 Å². The molecule has 0 spiro atoms. The van der Waals surface area contributed by atoms with Crippen LogP contribution in [0.25, 0.3) is 0 Å². The number of nitrogens with one attached hydrogen (secondary N) is 2. The van der Waals surface area contributed by atoms with E-state index in [4.69, 9.17) is 9.73 Å². The zero-order valence-electron chi connectivity index (χ0n) is 19.4.